The predicted octanol–water partition coefficient (Wildman–Crippen LogP) is 3.81. The highest BCUT2D eigenvalue weighted by Gasteiger charge is 2.17. The number of hydrogen-bond acceptors (Lipinski definition) is 2. The van der Waals surface area contributed by atoms with Crippen LogP contribution in [0.2, 0.25) is 0 Å². The molecular formula is C16H14F3NO. The molecule has 2 rings (SSSR count). The number of halogens is 3. The molecule has 0 aliphatic carbocycles. The maximum Gasteiger partial charge on any atom is 0.185 e. The largest absolute Gasteiger partial charge is 0.362 e. The van der Waals surface area contributed by atoms with Crippen molar-refractivity contribution in [1.82, 2.24) is 0 Å². The zero-order valence-electron chi connectivity index (χ0n) is 11.4. The summed E-state index contributed by atoms with van der Waals surface area (Å²) in [5.41, 5.74) is 0.0714. The molecule has 0 atom stereocenters. The highest BCUT2D eigenvalue weighted by molar-refractivity contribution is 5.99. The third kappa shape index (κ3) is 3.42. The summed E-state index contributed by atoms with van der Waals surface area (Å²) in [4.78, 5) is 13.6. The quantitative estimate of drug-likeness (QED) is 0.781. The number of nitrogens with zero attached hydrogens (tertiary/aromatic N) is 1. The van der Waals surface area contributed by atoms with Gasteiger partial charge in [-0.3, -0.25) is 4.79 Å². The first-order chi connectivity index (χ1) is 10.0. The summed E-state index contributed by atoms with van der Waals surface area (Å²) < 4.78 is 40.2. The Hall–Kier alpha value is -2.30. The molecule has 5 heteroatoms. The molecule has 110 valence electrons. The van der Waals surface area contributed by atoms with Crippen LogP contribution in [0.3, 0.4) is 0 Å². The fourth-order valence-electron chi connectivity index (χ4n) is 2.05. The average Bonchev–Trinajstić information content (AvgIpc) is 2.45. The van der Waals surface area contributed by atoms with E-state index in [1.807, 2.05) is 0 Å². The Morgan fingerprint density at radius 3 is 2.38 bits per heavy atom. The maximum atomic E-state index is 13.7. The van der Waals surface area contributed by atoms with Gasteiger partial charge < -0.3 is 4.90 Å². The number of benzene rings is 2. The molecule has 0 bridgehead atoms. The number of hydrogen-bond donors (Lipinski definition) is 0. The average molecular weight is 293 g/mol. The van der Waals surface area contributed by atoms with Gasteiger partial charge in [0, 0.05) is 12.6 Å². The van der Waals surface area contributed by atoms with Crippen molar-refractivity contribution in [1.29, 1.82) is 0 Å². The molecule has 0 fully saturated rings. The van der Waals surface area contributed by atoms with Crippen molar-refractivity contribution >= 4 is 11.5 Å². The summed E-state index contributed by atoms with van der Waals surface area (Å²) in [6, 6.07) is 8.83. The zero-order chi connectivity index (χ0) is 15.4. The lowest BCUT2D eigenvalue weighted by atomic mass is 10.1. The van der Waals surface area contributed by atoms with Crippen molar-refractivity contribution in [2.45, 2.75) is 6.92 Å². The summed E-state index contributed by atoms with van der Waals surface area (Å²) in [7, 11) is 0. The van der Waals surface area contributed by atoms with Crippen molar-refractivity contribution in [2.24, 2.45) is 0 Å². The normalized spacial score (nSPS) is 10.5. The van der Waals surface area contributed by atoms with E-state index in [1.54, 1.807) is 25.1 Å². The van der Waals surface area contributed by atoms with E-state index >= 15 is 0 Å². The van der Waals surface area contributed by atoms with Gasteiger partial charge in [0.05, 0.1) is 17.8 Å². The highest BCUT2D eigenvalue weighted by Crippen LogP contribution is 2.19. The molecule has 0 heterocycles. The fourth-order valence-corrected chi connectivity index (χ4v) is 2.05. The van der Waals surface area contributed by atoms with E-state index in [1.165, 1.54) is 11.0 Å². The Bertz CT molecular complexity index is 658. The summed E-state index contributed by atoms with van der Waals surface area (Å²) in [5, 5.41) is 0. The standard InChI is InChI=1S/C16H14F3NO/c1-2-20(15-6-4-3-5-13(15)18)10-16(21)12-8-7-11(17)9-14(12)19/h3-9H,2,10H2,1H3. The van der Waals surface area contributed by atoms with Gasteiger partial charge in [0.2, 0.25) is 0 Å². The lowest BCUT2D eigenvalue weighted by Crippen LogP contribution is -2.30. The van der Waals surface area contributed by atoms with Gasteiger partial charge >= 0.3 is 0 Å². The molecule has 2 nitrogen and oxygen atoms in total. The van der Waals surface area contributed by atoms with Gasteiger partial charge in [-0.25, -0.2) is 13.2 Å². The SMILES string of the molecule is CCN(CC(=O)c1ccc(F)cc1F)c1ccccc1F. The van der Waals surface area contributed by atoms with Crippen LogP contribution in [0.5, 0.6) is 0 Å². The van der Waals surface area contributed by atoms with Gasteiger partial charge in [-0.2, -0.15) is 0 Å². The number of rotatable bonds is 5. The summed E-state index contributed by atoms with van der Waals surface area (Å²) >= 11 is 0. The van der Waals surface area contributed by atoms with Gasteiger partial charge in [0.15, 0.2) is 5.78 Å². The van der Waals surface area contributed by atoms with Crippen molar-refractivity contribution in [3.8, 4) is 0 Å². The van der Waals surface area contributed by atoms with E-state index in [9.17, 15) is 18.0 Å². The van der Waals surface area contributed by atoms with Crippen LogP contribution in [0.1, 0.15) is 17.3 Å². The number of anilines is 1. The molecule has 0 amide bonds. The Morgan fingerprint density at radius 2 is 1.76 bits per heavy atom. The molecule has 0 saturated heterocycles. The first kappa shape index (κ1) is 15.1. The molecule has 0 spiro atoms. The molecule has 0 aliphatic rings. The lowest BCUT2D eigenvalue weighted by Gasteiger charge is -2.22. The van der Waals surface area contributed by atoms with Crippen LogP contribution in [0.25, 0.3) is 0 Å². The number of likely N-dealkylation sites (N-methyl/N-ethyl adjacent to an activating group) is 1. The summed E-state index contributed by atoms with van der Waals surface area (Å²) in [6.07, 6.45) is 0. The molecule has 0 aliphatic heterocycles. The monoisotopic (exact) mass is 293 g/mol. The first-order valence-electron chi connectivity index (χ1n) is 6.50. The molecular weight excluding hydrogens is 279 g/mol. The third-order valence-corrected chi connectivity index (χ3v) is 3.14. The van der Waals surface area contributed by atoms with Crippen LogP contribution in [-0.4, -0.2) is 18.9 Å². The first-order valence-corrected chi connectivity index (χ1v) is 6.50. The van der Waals surface area contributed by atoms with Crippen molar-refractivity contribution in [3.05, 3.63) is 65.5 Å². The molecule has 2 aromatic carbocycles. The van der Waals surface area contributed by atoms with E-state index in [4.69, 9.17) is 0 Å². The minimum absolute atomic E-state index is 0.181. The number of para-hydroxylation sites is 1. The van der Waals surface area contributed by atoms with E-state index in [0.29, 0.717) is 12.6 Å². The van der Waals surface area contributed by atoms with Crippen LogP contribution >= 0.6 is 0 Å². The van der Waals surface area contributed by atoms with Crippen LogP contribution < -0.4 is 4.90 Å². The second kappa shape index (κ2) is 6.43. The van der Waals surface area contributed by atoms with E-state index < -0.39 is 23.2 Å². The number of ketones is 1. The van der Waals surface area contributed by atoms with Gasteiger partial charge in [0.25, 0.3) is 0 Å². The topological polar surface area (TPSA) is 20.3 Å². The van der Waals surface area contributed by atoms with Gasteiger partial charge in [0.1, 0.15) is 17.5 Å². The zero-order valence-corrected chi connectivity index (χ0v) is 11.4. The minimum atomic E-state index is -0.912. The van der Waals surface area contributed by atoms with Crippen molar-refractivity contribution in [3.63, 3.8) is 0 Å². The molecule has 0 unspecified atom stereocenters. The Labute approximate surface area is 120 Å². The second-order valence-electron chi connectivity index (χ2n) is 4.51. The van der Waals surface area contributed by atoms with Gasteiger partial charge in [-0.05, 0) is 31.2 Å². The predicted molar refractivity (Wildman–Crippen MR) is 75.0 cm³/mol. The fraction of sp³-hybridized carbons (Fsp3) is 0.188. The Morgan fingerprint density at radius 1 is 1.05 bits per heavy atom. The molecule has 2 aromatic rings. The van der Waals surface area contributed by atoms with Gasteiger partial charge in [-0.1, -0.05) is 12.1 Å². The molecule has 0 N–H and O–H groups in total. The second-order valence-corrected chi connectivity index (χ2v) is 4.51. The smallest absolute Gasteiger partial charge is 0.185 e. The molecule has 0 aromatic heterocycles. The lowest BCUT2D eigenvalue weighted by molar-refractivity contribution is 0.0995. The number of carbonyl (C=O) groups is 1. The highest BCUT2D eigenvalue weighted by atomic mass is 19.1. The van der Waals surface area contributed by atoms with Crippen molar-refractivity contribution < 1.29 is 18.0 Å². The van der Waals surface area contributed by atoms with Gasteiger partial charge in [-0.15, -0.1) is 0 Å². The van der Waals surface area contributed by atoms with Crippen molar-refractivity contribution in [2.75, 3.05) is 18.0 Å². The minimum Gasteiger partial charge on any atom is -0.362 e. The number of Topliss-reactive ketones (excluding diaryl/α,β-unsaturated/α-hetero) is 1. The van der Waals surface area contributed by atoms with Crippen LogP contribution in [-0.2, 0) is 0 Å². The van der Waals surface area contributed by atoms with E-state index in [-0.39, 0.29) is 17.8 Å². The summed E-state index contributed by atoms with van der Waals surface area (Å²) in [6.45, 7) is 1.97. The van der Waals surface area contributed by atoms with E-state index in [2.05, 4.69) is 0 Å². The molecule has 21 heavy (non-hydrogen) atoms. The van der Waals surface area contributed by atoms with Crippen LogP contribution in [0, 0.1) is 17.5 Å². The van der Waals surface area contributed by atoms with Crippen LogP contribution in [0.15, 0.2) is 42.5 Å². The molecule has 0 radical (unpaired) electrons. The van der Waals surface area contributed by atoms with Crippen LogP contribution in [0.4, 0.5) is 18.9 Å². The van der Waals surface area contributed by atoms with E-state index in [0.717, 1.165) is 12.1 Å². The Balaban J connectivity index is 2.23. The third-order valence-electron chi connectivity index (χ3n) is 3.14. The Kier molecular flexibility index (Phi) is 4.62. The maximum absolute atomic E-state index is 13.7. The number of carbonyl (C=O) groups excluding carboxylic acids is 1. The molecule has 0 saturated carbocycles. The summed E-state index contributed by atoms with van der Waals surface area (Å²) in [5.74, 6) is -2.64.